The van der Waals surface area contributed by atoms with Gasteiger partial charge in [-0.25, -0.2) is 0 Å². The van der Waals surface area contributed by atoms with Crippen LogP contribution in [-0.4, -0.2) is 57.5 Å². The summed E-state index contributed by atoms with van der Waals surface area (Å²) in [7, 11) is 0. The Balaban J connectivity index is 1.71. The number of aromatic amines is 1. The summed E-state index contributed by atoms with van der Waals surface area (Å²) in [4.78, 5) is 14.4. The lowest BCUT2D eigenvalue weighted by molar-refractivity contribution is -0.154. The summed E-state index contributed by atoms with van der Waals surface area (Å²) in [6.45, 7) is 5.63. The molecular formula is C15H23N3O3. The van der Waals surface area contributed by atoms with Crippen LogP contribution in [-0.2, 0) is 16.0 Å². The van der Waals surface area contributed by atoms with E-state index in [0.29, 0.717) is 32.5 Å². The molecule has 2 N–H and O–H groups in total. The second-order valence-electron chi connectivity index (χ2n) is 6.23. The Kier molecular flexibility index (Phi) is 3.75. The number of carbonyl (C=O) groups excluding carboxylic acids is 1. The number of carbonyl (C=O) groups is 1. The summed E-state index contributed by atoms with van der Waals surface area (Å²) in [5, 5.41) is 17.3. The van der Waals surface area contributed by atoms with E-state index in [9.17, 15) is 9.90 Å². The maximum absolute atomic E-state index is 12.6. The van der Waals surface area contributed by atoms with Gasteiger partial charge in [-0.2, -0.15) is 5.10 Å². The molecule has 3 heterocycles. The molecule has 116 valence electrons. The fraction of sp³-hybridized carbons (Fsp3) is 0.733. The first-order valence-corrected chi connectivity index (χ1v) is 7.62. The van der Waals surface area contributed by atoms with Crippen LogP contribution in [0.4, 0.5) is 0 Å². The fourth-order valence-corrected chi connectivity index (χ4v) is 3.47. The highest BCUT2D eigenvalue weighted by molar-refractivity contribution is 5.79. The molecule has 1 aromatic rings. The Morgan fingerprint density at radius 3 is 3.00 bits per heavy atom. The average Bonchev–Trinajstić information content (AvgIpc) is 3.05. The SMILES string of the molecule is Cc1n[nH]c(C)c1CC(=O)N1CC[C@H](O)[C@]2(CCCO2)C1. The molecule has 6 nitrogen and oxygen atoms in total. The van der Waals surface area contributed by atoms with Crippen LogP contribution in [0.5, 0.6) is 0 Å². The van der Waals surface area contributed by atoms with Crippen molar-refractivity contribution in [3.05, 3.63) is 17.0 Å². The molecule has 2 saturated heterocycles. The zero-order valence-corrected chi connectivity index (χ0v) is 12.7. The lowest BCUT2D eigenvalue weighted by Gasteiger charge is -2.43. The number of aliphatic hydroxyl groups is 1. The summed E-state index contributed by atoms with van der Waals surface area (Å²) >= 11 is 0. The van der Waals surface area contributed by atoms with Crippen molar-refractivity contribution in [1.29, 1.82) is 0 Å². The number of nitrogens with one attached hydrogen (secondary N) is 1. The third kappa shape index (κ3) is 2.58. The van der Waals surface area contributed by atoms with Crippen molar-refractivity contribution in [2.75, 3.05) is 19.7 Å². The van der Waals surface area contributed by atoms with E-state index in [2.05, 4.69) is 10.2 Å². The lowest BCUT2D eigenvalue weighted by Crippen LogP contribution is -2.58. The van der Waals surface area contributed by atoms with Gasteiger partial charge in [0.25, 0.3) is 0 Å². The summed E-state index contributed by atoms with van der Waals surface area (Å²) < 4.78 is 5.79. The zero-order chi connectivity index (χ0) is 15.0. The number of aliphatic hydroxyl groups excluding tert-OH is 1. The Bertz CT molecular complexity index is 515. The van der Waals surface area contributed by atoms with Crippen LogP contribution in [0.1, 0.15) is 36.2 Å². The number of amides is 1. The van der Waals surface area contributed by atoms with Gasteiger partial charge in [-0.3, -0.25) is 9.89 Å². The van der Waals surface area contributed by atoms with Crippen molar-refractivity contribution in [2.24, 2.45) is 0 Å². The highest BCUT2D eigenvalue weighted by Crippen LogP contribution is 2.35. The first-order valence-electron chi connectivity index (χ1n) is 7.62. The van der Waals surface area contributed by atoms with Crippen molar-refractivity contribution in [1.82, 2.24) is 15.1 Å². The molecule has 0 aromatic carbocycles. The second kappa shape index (κ2) is 5.42. The van der Waals surface area contributed by atoms with Crippen LogP contribution >= 0.6 is 0 Å². The van der Waals surface area contributed by atoms with Gasteiger partial charge in [0.05, 0.1) is 24.8 Å². The Morgan fingerprint density at radius 2 is 2.38 bits per heavy atom. The molecule has 0 unspecified atom stereocenters. The van der Waals surface area contributed by atoms with Gasteiger partial charge in [0, 0.05) is 24.4 Å². The monoisotopic (exact) mass is 293 g/mol. The molecule has 0 radical (unpaired) electrons. The molecule has 1 amide bonds. The first-order chi connectivity index (χ1) is 10.0. The van der Waals surface area contributed by atoms with Crippen molar-refractivity contribution in [3.8, 4) is 0 Å². The number of likely N-dealkylation sites (tertiary alicyclic amines) is 1. The van der Waals surface area contributed by atoms with Gasteiger partial charge in [-0.1, -0.05) is 0 Å². The van der Waals surface area contributed by atoms with E-state index in [1.807, 2.05) is 18.7 Å². The smallest absolute Gasteiger partial charge is 0.227 e. The largest absolute Gasteiger partial charge is 0.390 e. The number of piperidine rings is 1. The molecule has 0 bridgehead atoms. The number of aromatic nitrogens is 2. The highest BCUT2D eigenvalue weighted by atomic mass is 16.5. The van der Waals surface area contributed by atoms with Crippen molar-refractivity contribution >= 4 is 5.91 Å². The topological polar surface area (TPSA) is 78.5 Å². The van der Waals surface area contributed by atoms with Crippen LogP contribution < -0.4 is 0 Å². The molecule has 2 aliphatic heterocycles. The van der Waals surface area contributed by atoms with Crippen LogP contribution in [0.15, 0.2) is 0 Å². The molecular weight excluding hydrogens is 270 g/mol. The standard InChI is InChI=1S/C15H23N3O3/c1-10-12(11(2)17-16-10)8-14(20)18-6-4-13(19)15(9-18)5-3-7-21-15/h13,19H,3-9H2,1-2H3,(H,16,17)/t13-,15-/m0/s1. The van der Waals surface area contributed by atoms with E-state index >= 15 is 0 Å². The van der Waals surface area contributed by atoms with Gasteiger partial charge < -0.3 is 14.7 Å². The number of H-pyrrole nitrogens is 1. The lowest BCUT2D eigenvalue weighted by atomic mass is 9.87. The average molecular weight is 293 g/mol. The maximum Gasteiger partial charge on any atom is 0.227 e. The minimum atomic E-state index is -0.533. The minimum absolute atomic E-state index is 0.0874. The molecule has 0 aliphatic carbocycles. The number of hydrogen-bond acceptors (Lipinski definition) is 4. The normalized spacial score (nSPS) is 29.3. The van der Waals surface area contributed by atoms with Crippen LogP contribution in [0, 0.1) is 13.8 Å². The quantitative estimate of drug-likeness (QED) is 0.842. The molecule has 2 aliphatic rings. The van der Waals surface area contributed by atoms with E-state index in [-0.39, 0.29) is 5.91 Å². The van der Waals surface area contributed by atoms with Gasteiger partial charge in [0.15, 0.2) is 0 Å². The molecule has 1 aromatic heterocycles. The maximum atomic E-state index is 12.6. The van der Waals surface area contributed by atoms with E-state index in [0.717, 1.165) is 29.8 Å². The van der Waals surface area contributed by atoms with Crippen molar-refractivity contribution < 1.29 is 14.6 Å². The third-order valence-electron chi connectivity index (χ3n) is 4.83. The predicted octanol–water partition coefficient (Wildman–Crippen LogP) is 0.711. The summed E-state index contributed by atoms with van der Waals surface area (Å²) in [5.74, 6) is 0.0874. The molecule has 3 rings (SSSR count). The molecule has 6 heteroatoms. The number of rotatable bonds is 2. The van der Waals surface area contributed by atoms with E-state index in [4.69, 9.17) is 4.74 Å². The Hall–Kier alpha value is -1.40. The van der Waals surface area contributed by atoms with E-state index in [1.165, 1.54) is 0 Å². The van der Waals surface area contributed by atoms with Gasteiger partial charge in [0.1, 0.15) is 5.60 Å². The number of hydrogen-bond donors (Lipinski definition) is 2. The molecule has 21 heavy (non-hydrogen) atoms. The first kappa shape index (κ1) is 14.5. The zero-order valence-electron chi connectivity index (χ0n) is 12.7. The van der Waals surface area contributed by atoms with E-state index < -0.39 is 11.7 Å². The summed E-state index contributed by atoms with van der Waals surface area (Å²) in [6, 6.07) is 0. The molecule has 0 saturated carbocycles. The minimum Gasteiger partial charge on any atom is -0.390 e. The molecule has 2 fully saturated rings. The predicted molar refractivity (Wildman–Crippen MR) is 76.9 cm³/mol. The fourth-order valence-electron chi connectivity index (χ4n) is 3.47. The second-order valence-corrected chi connectivity index (χ2v) is 6.23. The molecule has 1 spiro atoms. The van der Waals surface area contributed by atoms with Gasteiger partial charge in [-0.15, -0.1) is 0 Å². The van der Waals surface area contributed by atoms with Crippen LogP contribution in [0.25, 0.3) is 0 Å². The van der Waals surface area contributed by atoms with E-state index in [1.54, 1.807) is 0 Å². The van der Waals surface area contributed by atoms with Crippen molar-refractivity contribution in [2.45, 2.75) is 51.2 Å². The highest BCUT2D eigenvalue weighted by Gasteiger charge is 2.47. The molecule has 2 atom stereocenters. The number of nitrogens with zero attached hydrogens (tertiary/aromatic N) is 2. The Morgan fingerprint density at radius 1 is 1.57 bits per heavy atom. The number of ether oxygens (including phenoxy) is 1. The van der Waals surface area contributed by atoms with Crippen LogP contribution in [0.2, 0.25) is 0 Å². The van der Waals surface area contributed by atoms with Gasteiger partial charge >= 0.3 is 0 Å². The third-order valence-corrected chi connectivity index (χ3v) is 4.83. The van der Waals surface area contributed by atoms with Gasteiger partial charge in [-0.05, 0) is 33.1 Å². The Labute approximate surface area is 124 Å². The number of aryl methyl sites for hydroxylation is 2. The summed E-state index contributed by atoms with van der Waals surface area (Å²) in [5.41, 5.74) is 2.27. The van der Waals surface area contributed by atoms with Gasteiger partial charge in [0.2, 0.25) is 5.91 Å². The van der Waals surface area contributed by atoms with Crippen LogP contribution in [0.3, 0.4) is 0 Å². The summed E-state index contributed by atoms with van der Waals surface area (Å²) in [6.07, 6.45) is 2.29. The van der Waals surface area contributed by atoms with Crippen molar-refractivity contribution in [3.63, 3.8) is 0 Å².